The second-order valence-corrected chi connectivity index (χ2v) is 7.07. The molecule has 3 aromatic rings. The van der Waals surface area contributed by atoms with Crippen molar-refractivity contribution in [3.63, 3.8) is 0 Å². The lowest BCUT2D eigenvalue weighted by molar-refractivity contribution is -0.133. The third-order valence-electron chi connectivity index (χ3n) is 4.92. The number of aromatic nitrogens is 5. The molecule has 8 heteroatoms. The first-order valence-corrected chi connectivity index (χ1v) is 8.96. The molecule has 0 bridgehead atoms. The molecule has 1 N–H and O–H groups in total. The van der Waals surface area contributed by atoms with Crippen LogP contribution < -0.4 is 0 Å². The first-order chi connectivity index (χ1) is 13.1. The number of aromatic amines is 1. The van der Waals surface area contributed by atoms with Crippen LogP contribution in [0.5, 0.6) is 0 Å². The molecule has 3 aromatic heterocycles. The second kappa shape index (κ2) is 7.32. The van der Waals surface area contributed by atoms with Gasteiger partial charge in [0.15, 0.2) is 0 Å². The smallest absolute Gasteiger partial charge is 0.237 e. The number of aryl methyl sites for hydroxylation is 1. The largest absolute Gasteiger partial charge is 0.347 e. The van der Waals surface area contributed by atoms with Gasteiger partial charge in [0.05, 0.1) is 37.0 Å². The number of hydrogen-bond donors (Lipinski definition) is 1. The fourth-order valence-electron chi connectivity index (χ4n) is 3.58. The summed E-state index contributed by atoms with van der Waals surface area (Å²) in [4.78, 5) is 28.6. The topological polar surface area (TPSA) is 82.9 Å². The zero-order valence-electron chi connectivity index (χ0n) is 15.5. The van der Waals surface area contributed by atoms with Crippen LogP contribution in [0.3, 0.4) is 0 Å². The Morgan fingerprint density at radius 1 is 1.37 bits per heavy atom. The normalized spacial score (nSPS) is 16.6. The molecule has 1 unspecified atom stereocenters. The molecular weight excluding hydrogens is 342 g/mol. The van der Waals surface area contributed by atoms with Crippen LogP contribution in [-0.4, -0.2) is 60.6 Å². The van der Waals surface area contributed by atoms with E-state index < -0.39 is 0 Å². The number of rotatable bonds is 5. The van der Waals surface area contributed by atoms with E-state index in [4.69, 9.17) is 0 Å². The van der Waals surface area contributed by atoms with Crippen LogP contribution in [0.2, 0.25) is 0 Å². The minimum atomic E-state index is 0.0446. The lowest BCUT2D eigenvalue weighted by Gasteiger charge is -2.32. The third-order valence-corrected chi connectivity index (χ3v) is 4.92. The average Bonchev–Trinajstić information content (AvgIpc) is 3.30. The maximum atomic E-state index is 12.9. The van der Waals surface area contributed by atoms with Gasteiger partial charge in [-0.3, -0.25) is 19.4 Å². The van der Waals surface area contributed by atoms with Gasteiger partial charge in [-0.05, 0) is 24.7 Å². The second-order valence-electron chi connectivity index (χ2n) is 7.07. The summed E-state index contributed by atoms with van der Waals surface area (Å²) in [6.45, 7) is 2.26. The molecular formula is C19H23N7O. The molecule has 1 aliphatic heterocycles. The summed E-state index contributed by atoms with van der Waals surface area (Å²) in [6, 6.07) is 3.94. The Morgan fingerprint density at radius 3 is 2.93 bits per heavy atom. The van der Waals surface area contributed by atoms with Crippen molar-refractivity contribution in [3.8, 4) is 0 Å². The number of likely N-dealkylation sites (N-methyl/N-ethyl adjacent to an activating group) is 1. The molecule has 0 aliphatic carbocycles. The van der Waals surface area contributed by atoms with Crippen LogP contribution in [0.25, 0.3) is 0 Å². The number of pyridine rings is 1. The zero-order chi connectivity index (χ0) is 18.8. The van der Waals surface area contributed by atoms with Gasteiger partial charge in [0.25, 0.3) is 0 Å². The molecule has 0 spiro atoms. The summed E-state index contributed by atoms with van der Waals surface area (Å²) in [5, 5.41) is 4.28. The Bertz CT molecular complexity index is 917. The van der Waals surface area contributed by atoms with Crippen LogP contribution in [-0.2, 0) is 24.9 Å². The highest BCUT2D eigenvalue weighted by Crippen LogP contribution is 2.31. The fourth-order valence-corrected chi connectivity index (χ4v) is 3.58. The van der Waals surface area contributed by atoms with E-state index >= 15 is 0 Å². The summed E-state index contributed by atoms with van der Waals surface area (Å²) in [5.41, 5.74) is 4.23. The number of imidazole rings is 1. The first kappa shape index (κ1) is 17.4. The van der Waals surface area contributed by atoms with Crippen molar-refractivity contribution in [1.29, 1.82) is 0 Å². The highest BCUT2D eigenvalue weighted by Gasteiger charge is 2.32. The number of carbonyl (C=O) groups is 1. The van der Waals surface area contributed by atoms with Crippen LogP contribution in [0.4, 0.5) is 0 Å². The van der Waals surface area contributed by atoms with Gasteiger partial charge < -0.3 is 9.88 Å². The van der Waals surface area contributed by atoms with Gasteiger partial charge >= 0.3 is 0 Å². The van der Waals surface area contributed by atoms with Crippen molar-refractivity contribution in [1.82, 2.24) is 34.5 Å². The standard InChI is InChI=1S/C19H23N7O/c1-24(8-14-3-5-20-6-4-14)12-18(27)26-10-16(15-7-23-25(2)9-15)19-17(11-26)21-13-22-19/h3-7,9,13,16H,8,10-12H2,1-2H3,(H,21,22). The lowest BCUT2D eigenvalue weighted by Crippen LogP contribution is -2.43. The van der Waals surface area contributed by atoms with Gasteiger partial charge in [0, 0.05) is 50.2 Å². The number of carbonyl (C=O) groups excluding carboxylic acids is 1. The van der Waals surface area contributed by atoms with Gasteiger partial charge in [-0.2, -0.15) is 5.10 Å². The number of nitrogens with zero attached hydrogens (tertiary/aromatic N) is 6. The zero-order valence-corrected chi connectivity index (χ0v) is 15.5. The number of hydrogen-bond acceptors (Lipinski definition) is 5. The lowest BCUT2D eigenvalue weighted by atomic mass is 9.93. The van der Waals surface area contributed by atoms with E-state index in [9.17, 15) is 4.79 Å². The Balaban J connectivity index is 1.46. The van der Waals surface area contributed by atoms with Crippen molar-refractivity contribution >= 4 is 5.91 Å². The molecule has 0 aromatic carbocycles. The Morgan fingerprint density at radius 2 is 2.19 bits per heavy atom. The van der Waals surface area contributed by atoms with Gasteiger partial charge in [-0.25, -0.2) is 4.98 Å². The Hall–Kier alpha value is -3.00. The number of amides is 1. The summed E-state index contributed by atoms with van der Waals surface area (Å²) < 4.78 is 1.78. The molecule has 0 radical (unpaired) electrons. The SMILES string of the molecule is CN(CC(=O)N1Cc2[nH]cnc2C(c2cnn(C)c2)C1)Cc1ccncc1. The van der Waals surface area contributed by atoms with Gasteiger partial charge in [0.1, 0.15) is 0 Å². The first-order valence-electron chi connectivity index (χ1n) is 8.96. The van der Waals surface area contributed by atoms with Crippen LogP contribution in [0.1, 0.15) is 28.4 Å². The highest BCUT2D eigenvalue weighted by molar-refractivity contribution is 5.78. The molecule has 4 rings (SSSR count). The quantitative estimate of drug-likeness (QED) is 0.733. The van der Waals surface area contributed by atoms with Crippen molar-refractivity contribution < 1.29 is 4.79 Å². The molecule has 1 aliphatic rings. The number of fused-ring (bicyclic) bond motifs is 1. The summed E-state index contributed by atoms with van der Waals surface area (Å²) >= 11 is 0. The molecule has 0 saturated carbocycles. The van der Waals surface area contributed by atoms with Crippen LogP contribution in [0.15, 0.2) is 43.2 Å². The molecule has 8 nitrogen and oxygen atoms in total. The molecule has 27 heavy (non-hydrogen) atoms. The highest BCUT2D eigenvalue weighted by atomic mass is 16.2. The Labute approximate surface area is 157 Å². The van der Waals surface area contributed by atoms with Crippen molar-refractivity contribution in [2.45, 2.75) is 19.0 Å². The fraction of sp³-hybridized carbons (Fsp3) is 0.368. The maximum Gasteiger partial charge on any atom is 0.237 e. The van der Waals surface area contributed by atoms with Crippen molar-refractivity contribution in [2.75, 3.05) is 20.1 Å². The minimum absolute atomic E-state index is 0.0446. The minimum Gasteiger partial charge on any atom is -0.347 e. The van der Waals surface area contributed by atoms with E-state index in [1.807, 2.05) is 48.4 Å². The molecule has 0 fully saturated rings. The molecule has 140 valence electrons. The van der Waals surface area contributed by atoms with Crippen molar-refractivity contribution in [3.05, 3.63) is 65.8 Å². The molecule has 1 amide bonds. The monoisotopic (exact) mass is 365 g/mol. The van der Waals surface area contributed by atoms with Gasteiger partial charge in [0.2, 0.25) is 5.91 Å². The van der Waals surface area contributed by atoms with E-state index in [1.54, 1.807) is 23.4 Å². The third kappa shape index (κ3) is 3.75. The number of H-pyrrole nitrogens is 1. The maximum absolute atomic E-state index is 12.9. The van der Waals surface area contributed by atoms with E-state index in [2.05, 4.69) is 20.1 Å². The molecule has 0 saturated heterocycles. The van der Waals surface area contributed by atoms with E-state index in [0.717, 1.165) is 22.5 Å². The summed E-state index contributed by atoms with van der Waals surface area (Å²) in [6.07, 6.45) is 9.10. The predicted molar refractivity (Wildman–Crippen MR) is 99.6 cm³/mol. The number of nitrogens with one attached hydrogen (secondary N) is 1. The Kier molecular flexibility index (Phi) is 4.72. The molecule has 1 atom stereocenters. The summed E-state index contributed by atoms with van der Waals surface area (Å²) in [7, 11) is 3.86. The van der Waals surface area contributed by atoms with Crippen LogP contribution in [0, 0.1) is 0 Å². The van der Waals surface area contributed by atoms with Gasteiger partial charge in [-0.1, -0.05) is 0 Å². The molecule has 4 heterocycles. The van der Waals surface area contributed by atoms with E-state index in [1.165, 1.54) is 0 Å². The van der Waals surface area contributed by atoms with Crippen molar-refractivity contribution in [2.24, 2.45) is 7.05 Å². The van der Waals surface area contributed by atoms with Gasteiger partial charge in [-0.15, -0.1) is 0 Å². The van der Waals surface area contributed by atoms with E-state index in [0.29, 0.717) is 26.2 Å². The predicted octanol–water partition coefficient (Wildman–Crippen LogP) is 1.14. The van der Waals surface area contributed by atoms with E-state index in [-0.39, 0.29) is 11.8 Å². The average molecular weight is 365 g/mol. The summed E-state index contributed by atoms with van der Waals surface area (Å²) in [5.74, 6) is 0.156. The van der Waals surface area contributed by atoms with Crippen LogP contribution >= 0.6 is 0 Å².